The first-order valence-corrected chi connectivity index (χ1v) is 8.16. The number of thiocarbonyl (C=S) groups is 1. The van der Waals surface area contributed by atoms with E-state index in [0.717, 1.165) is 11.8 Å². The van der Waals surface area contributed by atoms with Crippen molar-refractivity contribution in [2.75, 3.05) is 11.9 Å². The zero-order valence-electron chi connectivity index (χ0n) is 13.2. The SMILES string of the molecule is C[C@@H](COc1ccccc1)NC(=S)Nc1ccc(Cl)c(C(F)(F)F)c1. The summed E-state index contributed by atoms with van der Waals surface area (Å²) in [7, 11) is 0. The number of ether oxygens (including phenoxy) is 1. The maximum absolute atomic E-state index is 12.9. The summed E-state index contributed by atoms with van der Waals surface area (Å²) in [6.45, 7) is 2.19. The summed E-state index contributed by atoms with van der Waals surface area (Å²) in [5, 5.41) is 5.50. The van der Waals surface area contributed by atoms with Crippen LogP contribution in [-0.2, 0) is 6.18 Å². The van der Waals surface area contributed by atoms with Crippen molar-refractivity contribution < 1.29 is 17.9 Å². The first-order chi connectivity index (χ1) is 11.8. The predicted molar refractivity (Wildman–Crippen MR) is 97.2 cm³/mol. The van der Waals surface area contributed by atoms with Crippen molar-refractivity contribution in [2.45, 2.75) is 19.1 Å². The summed E-state index contributed by atoms with van der Waals surface area (Å²) in [5.74, 6) is 0.725. The van der Waals surface area contributed by atoms with Crippen LogP contribution < -0.4 is 15.4 Å². The minimum atomic E-state index is -4.53. The van der Waals surface area contributed by atoms with Gasteiger partial charge in [-0.15, -0.1) is 0 Å². The van der Waals surface area contributed by atoms with Crippen LogP contribution in [0.15, 0.2) is 48.5 Å². The van der Waals surface area contributed by atoms with Crippen molar-refractivity contribution in [3.8, 4) is 5.75 Å². The highest BCUT2D eigenvalue weighted by molar-refractivity contribution is 7.80. The van der Waals surface area contributed by atoms with Crippen molar-refractivity contribution in [3.05, 3.63) is 59.1 Å². The molecular weight excluding hydrogens is 373 g/mol. The van der Waals surface area contributed by atoms with Gasteiger partial charge in [0.05, 0.1) is 16.6 Å². The lowest BCUT2D eigenvalue weighted by Crippen LogP contribution is -2.39. The van der Waals surface area contributed by atoms with E-state index in [-0.39, 0.29) is 21.9 Å². The number of para-hydroxylation sites is 1. The predicted octanol–water partition coefficient (Wildman–Crippen LogP) is 5.11. The highest BCUT2D eigenvalue weighted by Gasteiger charge is 2.33. The van der Waals surface area contributed by atoms with Gasteiger partial charge in [0.1, 0.15) is 12.4 Å². The van der Waals surface area contributed by atoms with Crippen LogP contribution in [0.25, 0.3) is 0 Å². The van der Waals surface area contributed by atoms with Gasteiger partial charge in [0.25, 0.3) is 0 Å². The zero-order chi connectivity index (χ0) is 18.4. The monoisotopic (exact) mass is 388 g/mol. The molecule has 134 valence electrons. The summed E-state index contributed by atoms with van der Waals surface area (Å²) in [4.78, 5) is 0. The Hall–Kier alpha value is -1.99. The number of hydrogen-bond donors (Lipinski definition) is 2. The maximum Gasteiger partial charge on any atom is 0.417 e. The quantitative estimate of drug-likeness (QED) is 0.697. The Balaban J connectivity index is 1.89. The summed E-state index contributed by atoms with van der Waals surface area (Å²) in [6.07, 6.45) is -4.53. The van der Waals surface area contributed by atoms with E-state index < -0.39 is 11.7 Å². The van der Waals surface area contributed by atoms with Crippen LogP contribution >= 0.6 is 23.8 Å². The first-order valence-electron chi connectivity index (χ1n) is 7.38. The van der Waals surface area contributed by atoms with Crippen LogP contribution in [0.4, 0.5) is 18.9 Å². The lowest BCUT2D eigenvalue weighted by molar-refractivity contribution is -0.137. The van der Waals surface area contributed by atoms with Crippen molar-refractivity contribution >= 4 is 34.6 Å². The molecule has 8 heteroatoms. The average molecular weight is 389 g/mol. The largest absolute Gasteiger partial charge is 0.491 e. The molecule has 2 N–H and O–H groups in total. The topological polar surface area (TPSA) is 33.3 Å². The van der Waals surface area contributed by atoms with E-state index in [1.807, 2.05) is 37.3 Å². The van der Waals surface area contributed by atoms with Crippen molar-refractivity contribution in [3.63, 3.8) is 0 Å². The smallest absolute Gasteiger partial charge is 0.417 e. The highest BCUT2D eigenvalue weighted by atomic mass is 35.5. The Morgan fingerprint density at radius 3 is 2.52 bits per heavy atom. The Morgan fingerprint density at radius 2 is 1.88 bits per heavy atom. The molecule has 0 unspecified atom stereocenters. The minimum absolute atomic E-state index is 0.144. The molecule has 0 aromatic heterocycles. The molecular formula is C17H16ClF3N2OS. The zero-order valence-corrected chi connectivity index (χ0v) is 14.8. The van der Waals surface area contributed by atoms with Crippen molar-refractivity contribution in [1.82, 2.24) is 5.32 Å². The van der Waals surface area contributed by atoms with Gasteiger partial charge in [-0.1, -0.05) is 29.8 Å². The fourth-order valence-electron chi connectivity index (χ4n) is 1.99. The van der Waals surface area contributed by atoms with Gasteiger partial charge >= 0.3 is 6.18 Å². The molecule has 2 aromatic carbocycles. The third kappa shape index (κ3) is 6.10. The Bertz CT molecular complexity index is 726. The lowest BCUT2D eigenvalue weighted by Gasteiger charge is -2.18. The molecule has 0 fully saturated rings. The van der Waals surface area contributed by atoms with Gasteiger partial charge in [-0.3, -0.25) is 0 Å². The summed E-state index contributed by atoms with van der Waals surface area (Å²) < 4.78 is 44.2. The van der Waals surface area contributed by atoms with Crippen LogP contribution in [0.2, 0.25) is 5.02 Å². The molecule has 0 aliphatic heterocycles. The van der Waals surface area contributed by atoms with E-state index in [2.05, 4.69) is 10.6 Å². The van der Waals surface area contributed by atoms with Crippen LogP contribution in [0.3, 0.4) is 0 Å². The highest BCUT2D eigenvalue weighted by Crippen LogP contribution is 2.36. The van der Waals surface area contributed by atoms with E-state index in [1.165, 1.54) is 12.1 Å². The van der Waals surface area contributed by atoms with Crippen LogP contribution in [0.5, 0.6) is 5.75 Å². The molecule has 0 saturated carbocycles. The van der Waals surface area contributed by atoms with Gasteiger partial charge < -0.3 is 15.4 Å². The molecule has 0 saturated heterocycles. The summed E-state index contributed by atoms with van der Waals surface area (Å²) in [5.41, 5.74) is -0.715. The standard InChI is InChI=1S/C17H16ClF3N2OS/c1-11(10-24-13-5-3-2-4-6-13)22-16(25)23-12-7-8-15(18)14(9-12)17(19,20)21/h2-9,11H,10H2,1H3,(H2,22,23,25)/t11-/m0/s1. The van der Waals surface area contributed by atoms with E-state index in [0.29, 0.717) is 6.61 Å². The third-order valence-corrected chi connectivity index (χ3v) is 3.70. The van der Waals surface area contributed by atoms with Gasteiger partial charge in [-0.2, -0.15) is 13.2 Å². The number of rotatable bonds is 5. The first kappa shape index (κ1) is 19.3. The maximum atomic E-state index is 12.9. The lowest BCUT2D eigenvalue weighted by atomic mass is 10.2. The average Bonchev–Trinajstić information content (AvgIpc) is 2.54. The van der Waals surface area contributed by atoms with Crippen LogP contribution in [0.1, 0.15) is 12.5 Å². The Labute approximate surface area is 154 Å². The molecule has 3 nitrogen and oxygen atoms in total. The molecule has 1 atom stereocenters. The number of anilines is 1. The molecule has 0 aliphatic carbocycles. The van der Waals surface area contributed by atoms with Crippen molar-refractivity contribution in [2.24, 2.45) is 0 Å². The molecule has 0 amide bonds. The van der Waals surface area contributed by atoms with Crippen molar-refractivity contribution in [1.29, 1.82) is 0 Å². The van der Waals surface area contributed by atoms with E-state index in [9.17, 15) is 13.2 Å². The molecule has 25 heavy (non-hydrogen) atoms. The number of alkyl halides is 3. The number of halogens is 4. The second kappa shape index (κ2) is 8.40. The van der Waals surface area contributed by atoms with E-state index >= 15 is 0 Å². The van der Waals surface area contributed by atoms with Crippen LogP contribution in [-0.4, -0.2) is 17.8 Å². The summed E-state index contributed by atoms with van der Waals surface area (Å²) >= 11 is 10.7. The Kier molecular flexibility index (Phi) is 6.50. The molecule has 0 spiro atoms. The number of nitrogens with one attached hydrogen (secondary N) is 2. The summed E-state index contributed by atoms with van der Waals surface area (Å²) in [6, 6.07) is 12.6. The van der Waals surface area contributed by atoms with Gasteiger partial charge in [-0.05, 0) is 49.5 Å². The van der Waals surface area contributed by atoms with Gasteiger partial charge in [0, 0.05) is 5.69 Å². The van der Waals surface area contributed by atoms with Gasteiger partial charge in [0.15, 0.2) is 5.11 Å². The molecule has 0 aliphatic rings. The third-order valence-electron chi connectivity index (χ3n) is 3.15. The molecule has 2 rings (SSSR count). The molecule has 0 bridgehead atoms. The van der Waals surface area contributed by atoms with Gasteiger partial charge in [0.2, 0.25) is 0 Å². The second-order valence-electron chi connectivity index (χ2n) is 5.32. The number of benzene rings is 2. The Morgan fingerprint density at radius 1 is 1.20 bits per heavy atom. The fourth-order valence-corrected chi connectivity index (χ4v) is 2.53. The van der Waals surface area contributed by atoms with Gasteiger partial charge in [-0.25, -0.2) is 0 Å². The fraction of sp³-hybridized carbons (Fsp3) is 0.235. The molecule has 2 aromatic rings. The molecule has 0 radical (unpaired) electrons. The van der Waals surface area contributed by atoms with E-state index in [1.54, 1.807) is 0 Å². The number of hydrogen-bond acceptors (Lipinski definition) is 2. The van der Waals surface area contributed by atoms with Crippen LogP contribution in [0, 0.1) is 0 Å². The molecule has 0 heterocycles. The second-order valence-corrected chi connectivity index (χ2v) is 6.13. The minimum Gasteiger partial charge on any atom is -0.491 e. The normalized spacial score (nSPS) is 12.4. The van der Waals surface area contributed by atoms with E-state index in [4.69, 9.17) is 28.6 Å².